The third kappa shape index (κ3) is 3.46. The average molecular weight is 247 g/mol. The van der Waals surface area contributed by atoms with Gasteiger partial charge in [-0.1, -0.05) is 32.1 Å². The minimum Gasteiger partial charge on any atom is -0.491 e. The van der Waals surface area contributed by atoms with Gasteiger partial charge in [0.15, 0.2) is 11.6 Å². The van der Waals surface area contributed by atoms with Crippen molar-refractivity contribution >= 4 is 0 Å². The van der Waals surface area contributed by atoms with Gasteiger partial charge in [0, 0.05) is 0 Å². The minimum absolute atomic E-state index is 0.254. The van der Waals surface area contributed by atoms with Crippen molar-refractivity contribution in [3.8, 4) is 11.8 Å². The number of hydrogen-bond donors (Lipinski definition) is 0. The van der Waals surface area contributed by atoms with E-state index in [1.165, 1.54) is 44.2 Å². The maximum Gasteiger partial charge on any atom is 0.166 e. The summed E-state index contributed by atoms with van der Waals surface area (Å²) in [5.41, 5.74) is 0.326. The summed E-state index contributed by atoms with van der Waals surface area (Å²) >= 11 is 0. The Kier molecular flexibility index (Phi) is 4.58. The van der Waals surface area contributed by atoms with Crippen LogP contribution in [-0.2, 0) is 0 Å². The van der Waals surface area contributed by atoms with Crippen LogP contribution in [-0.4, -0.2) is 6.61 Å². The number of halogens is 1. The lowest BCUT2D eigenvalue weighted by atomic mass is 9.87. The van der Waals surface area contributed by atoms with Crippen LogP contribution in [0.3, 0.4) is 0 Å². The van der Waals surface area contributed by atoms with Crippen molar-refractivity contribution in [2.75, 3.05) is 6.61 Å². The summed E-state index contributed by atoms with van der Waals surface area (Å²) in [6.45, 7) is 0.563. The highest BCUT2D eigenvalue weighted by molar-refractivity contribution is 5.35. The SMILES string of the molecule is N#Cc1ccc(OCCC2CCCCC2)c(F)c1. The zero-order valence-corrected chi connectivity index (χ0v) is 10.5. The van der Waals surface area contributed by atoms with Gasteiger partial charge in [-0.15, -0.1) is 0 Å². The molecule has 0 unspecified atom stereocenters. The molecule has 0 amide bonds. The molecule has 0 spiro atoms. The standard InChI is InChI=1S/C15H18FNO/c16-14-10-13(11-17)6-7-15(14)18-9-8-12-4-2-1-3-5-12/h6-7,10,12H,1-5,8-9H2. The lowest BCUT2D eigenvalue weighted by Crippen LogP contribution is -2.11. The van der Waals surface area contributed by atoms with Crippen LogP contribution in [0.2, 0.25) is 0 Å². The van der Waals surface area contributed by atoms with E-state index >= 15 is 0 Å². The van der Waals surface area contributed by atoms with E-state index in [2.05, 4.69) is 0 Å². The Hall–Kier alpha value is -1.56. The molecule has 1 aliphatic carbocycles. The van der Waals surface area contributed by atoms with Crippen molar-refractivity contribution in [1.29, 1.82) is 5.26 Å². The zero-order valence-electron chi connectivity index (χ0n) is 10.5. The third-order valence-corrected chi connectivity index (χ3v) is 3.57. The second-order valence-corrected chi connectivity index (χ2v) is 4.90. The molecule has 1 aromatic carbocycles. The van der Waals surface area contributed by atoms with Gasteiger partial charge >= 0.3 is 0 Å². The van der Waals surface area contributed by atoms with Gasteiger partial charge in [0.05, 0.1) is 18.2 Å². The van der Waals surface area contributed by atoms with E-state index in [1.807, 2.05) is 6.07 Å². The lowest BCUT2D eigenvalue weighted by molar-refractivity contribution is 0.239. The molecule has 0 N–H and O–H groups in total. The van der Waals surface area contributed by atoms with Gasteiger partial charge in [-0.2, -0.15) is 5.26 Å². The summed E-state index contributed by atoms with van der Waals surface area (Å²) in [4.78, 5) is 0. The largest absolute Gasteiger partial charge is 0.491 e. The predicted octanol–water partition coefficient (Wildman–Crippen LogP) is 4.05. The molecule has 0 aromatic heterocycles. The number of rotatable bonds is 4. The quantitative estimate of drug-likeness (QED) is 0.804. The zero-order chi connectivity index (χ0) is 12.8. The molecule has 1 saturated carbocycles. The van der Waals surface area contributed by atoms with Crippen LogP contribution in [0.4, 0.5) is 4.39 Å². The molecule has 0 saturated heterocycles. The molecular weight excluding hydrogens is 229 g/mol. The van der Waals surface area contributed by atoms with Gasteiger partial charge in [0.25, 0.3) is 0 Å². The maximum absolute atomic E-state index is 13.5. The molecule has 0 aliphatic heterocycles. The first-order valence-corrected chi connectivity index (χ1v) is 6.62. The molecule has 96 valence electrons. The van der Waals surface area contributed by atoms with Gasteiger partial charge in [-0.3, -0.25) is 0 Å². The maximum atomic E-state index is 13.5. The van der Waals surface area contributed by atoms with Gasteiger partial charge in [0.1, 0.15) is 0 Å². The first-order chi connectivity index (χ1) is 8.79. The molecule has 0 atom stereocenters. The van der Waals surface area contributed by atoms with Crippen molar-refractivity contribution in [1.82, 2.24) is 0 Å². The van der Waals surface area contributed by atoms with E-state index in [-0.39, 0.29) is 5.75 Å². The predicted molar refractivity (Wildman–Crippen MR) is 67.8 cm³/mol. The van der Waals surface area contributed by atoms with Crippen LogP contribution in [0.15, 0.2) is 18.2 Å². The van der Waals surface area contributed by atoms with Crippen molar-refractivity contribution in [3.05, 3.63) is 29.6 Å². The summed E-state index contributed by atoms with van der Waals surface area (Å²) in [5, 5.41) is 8.64. The van der Waals surface area contributed by atoms with Crippen LogP contribution in [0.1, 0.15) is 44.1 Å². The second kappa shape index (κ2) is 6.39. The van der Waals surface area contributed by atoms with Gasteiger partial charge in [-0.25, -0.2) is 4.39 Å². The van der Waals surface area contributed by atoms with E-state index in [4.69, 9.17) is 10.00 Å². The Bertz CT molecular complexity index is 433. The van der Waals surface area contributed by atoms with Crippen molar-refractivity contribution in [2.24, 2.45) is 5.92 Å². The summed E-state index contributed by atoms with van der Waals surface area (Å²) in [7, 11) is 0. The highest BCUT2D eigenvalue weighted by Crippen LogP contribution is 2.26. The Balaban J connectivity index is 1.81. The smallest absolute Gasteiger partial charge is 0.166 e. The Labute approximate surface area is 107 Å². The molecule has 18 heavy (non-hydrogen) atoms. The van der Waals surface area contributed by atoms with Crippen LogP contribution in [0, 0.1) is 23.1 Å². The van der Waals surface area contributed by atoms with Crippen LogP contribution in [0.5, 0.6) is 5.75 Å². The first-order valence-electron chi connectivity index (χ1n) is 6.62. The summed E-state index contributed by atoms with van der Waals surface area (Å²) < 4.78 is 19.0. The Morgan fingerprint density at radius 1 is 1.28 bits per heavy atom. The Morgan fingerprint density at radius 2 is 2.06 bits per heavy atom. The molecule has 1 aromatic rings. The molecule has 0 radical (unpaired) electrons. The van der Waals surface area contributed by atoms with Gasteiger partial charge in [0.2, 0.25) is 0 Å². The molecule has 0 bridgehead atoms. The van der Waals surface area contributed by atoms with E-state index in [0.29, 0.717) is 12.2 Å². The van der Waals surface area contributed by atoms with Crippen molar-refractivity contribution < 1.29 is 9.13 Å². The number of benzene rings is 1. The van der Waals surface area contributed by atoms with E-state index in [1.54, 1.807) is 6.07 Å². The number of nitriles is 1. The highest BCUT2D eigenvalue weighted by atomic mass is 19.1. The van der Waals surface area contributed by atoms with Gasteiger partial charge < -0.3 is 4.74 Å². The number of nitrogens with zero attached hydrogens (tertiary/aromatic N) is 1. The van der Waals surface area contributed by atoms with Crippen molar-refractivity contribution in [3.63, 3.8) is 0 Å². The minimum atomic E-state index is -0.447. The average Bonchev–Trinajstić information content (AvgIpc) is 2.42. The molecule has 3 heteroatoms. The molecule has 1 aliphatic rings. The molecule has 1 fully saturated rings. The third-order valence-electron chi connectivity index (χ3n) is 3.57. The summed E-state index contributed by atoms with van der Waals surface area (Å²) in [6, 6.07) is 6.24. The monoisotopic (exact) mass is 247 g/mol. The fourth-order valence-corrected chi connectivity index (χ4v) is 2.50. The fraction of sp³-hybridized carbons (Fsp3) is 0.533. The summed E-state index contributed by atoms with van der Waals surface area (Å²) in [5.74, 6) is 0.544. The first kappa shape index (κ1) is 12.9. The number of hydrogen-bond acceptors (Lipinski definition) is 2. The number of ether oxygens (including phenoxy) is 1. The van der Waals surface area contributed by atoms with E-state index in [9.17, 15) is 4.39 Å². The normalized spacial score (nSPS) is 16.2. The summed E-state index contributed by atoms with van der Waals surface area (Å²) in [6.07, 6.45) is 7.53. The van der Waals surface area contributed by atoms with Crippen LogP contribution >= 0.6 is 0 Å². The molecule has 2 nitrogen and oxygen atoms in total. The molecule has 2 rings (SSSR count). The second-order valence-electron chi connectivity index (χ2n) is 4.90. The fourth-order valence-electron chi connectivity index (χ4n) is 2.50. The van der Waals surface area contributed by atoms with E-state index < -0.39 is 5.82 Å². The molecule has 0 heterocycles. The molecular formula is C15H18FNO. The lowest BCUT2D eigenvalue weighted by Gasteiger charge is -2.21. The van der Waals surface area contributed by atoms with Crippen LogP contribution in [0.25, 0.3) is 0 Å². The topological polar surface area (TPSA) is 33.0 Å². The van der Waals surface area contributed by atoms with Crippen molar-refractivity contribution in [2.45, 2.75) is 38.5 Å². The van der Waals surface area contributed by atoms with Gasteiger partial charge in [-0.05, 0) is 30.5 Å². The highest BCUT2D eigenvalue weighted by Gasteiger charge is 2.13. The Morgan fingerprint density at radius 3 is 2.72 bits per heavy atom. The van der Waals surface area contributed by atoms with Crippen LogP contribution < -0.4 is 4.74 Å². The van der Waals surface area contributed by atoms with E-state index in [0.717, 1.165) is 12.3 Å².